The highest BCUT2D eigenvalue weighted by Crippen LogP contribution is 2.45. The number of nitrogens with zero attached hydrogens (tertiary/aromatic N) is 3. The predicted octanol–water partition coefficient (Wildman–Crippen LogP) is 13.0. The third-order valence-electron chi connectivity index (χ3n) is 11.6. The van der Waals surface area contributed by atoms with E-state index < -0.39 is 0 Å². The fourth-order valence-corrected chi connectivity index (χ4v) is 10.2. The molecule has 1 aliphatic heterocycles. The minimum atomic E-state index is -0.290. The number of aliphatic imine (C=N–C) groups is 2. The van der Waals surface area contributed by atoms with Crippen LogP contribution >= 0.6 is 11.3 Å². The molecule has 0 bridgehead atoms. The molecule has 6 heteroatoms. The van der Waals surface area contributed by atoms with Gasteiger partial charge in [-0.05, 0) is 77.6 Å². The van der Waals surface area contributed by atoms with Gasteiger partial charge in [0.2, 0.25) is 0 Å². The monoisotopic (exact) mass is 750 g/mol. The zero-order valence-electron chi connectivity index (χ0n) is 30.8. The molecule has 0 fully saturated rings. The third-order valence-corrected chi connectivity index (χ3v) is 12.8. The lowest BCUT2D eigenvalue weighted by atomic mass is 9.94. The number of rotatable bonds is 5. The van der Waals surface area contributed by atoms with E-state index in [9.17, 15) is 0 Å². The van der Waals surface area contributed by atoms with E-state index >= 15 is 0 Å². The maximum atomic E-state index is 6.85. The van der Waals surface area contributed by atoms with Crippen molar-refractivity contribution in [2.24, 2.45) is 9.98 Å². The summed E-state index contributed by atoms with van der Waals surface area (Å²) in [4.78, 5) is 11.7. The summed E-state index contributed by atoms with van der Waals surface area (Å²) < 4.78 is 10.7. The van der Waals surface area contributed by atoms with E-state index in [0.29, 0.717) is 5.84 Å². The van der Waals surface area contributed by atoms with E-state index in [-0.39, 0.29) is 6.17 Å². The van der Waals surface area contributed by atoms with E-state index in [1.807, 2.05) is 47.7 Å². The van der Waals surface area contributed by atoms with Crippen molar-refractivity contribution in [1.82, 2.24) is 9.88 Å². The average Bonchev–Trinajstić information content (AvgIpc) is 3.96. The molecule has 0 radical (unpaired) electrons. The topological polar surface area (TPSA) is 54.8 Å². The maximum Gasteiger partial charge on any atom is 0.163 e. The van der Waals surface area contributed by atoms with E-state index in [1.54, 1.807) is 0 Å². The van der Waals surface area contributed by atoms with Crippen LogP contribution in [-0.2, 0) is 6.42 Å². The summed E-state index contributed by atoms with van der Waals surface area (Å²) in [5.41, 5.74) is 12.1. The number of benzene rings is 7. The molecule has 1 unspecified atom stereocenters. The molecule has 2 aliphatic rings. The standard InChI is InChI=1S/C51H34N4OS/c1-3-13-31(14-4-1)49-52-50(32-15-5-2-6-16-32)54-51(53-49)40-21-11-20-39-38-27-25-33(29-44(38)56-48(39)40)35-19-12-24-46-47(35)41-30-34(26-28-45(41)57-46)55-42-22-9-7-17-36(42)37-18-8-10-23-43(37)55/h1-25,27,29-30,49H,26,28H2,(H,52,53,54). The third kappa shape index (κ3) is 5.14. The van der Waals surface area contributed by atoms with Gasteiger partial charge in [-0.1, -0.05) is 127 Å². The number of hydrogen-bond acceptors (Lipinski definition) is 5. The van der Waals surface area contributed by atoms with Crippen LogP contribution in [0.3, 0.4) is 0 Å². The molecule has 0 saturated heterocycles. The second-order valence-electron chi connectivity index (χ2n) is 14.9. The number of thiophene rings is 1. The molecule has 10 aromatic rings. The largest absolute Gasteiger partial charge is 0.455 e. The molecule has 1 aliphatic carbocycles. The zero-order valence-corrected chi connectivity index (χ0v) is 31.6. The fourth-order valence-electron chi connectivity index (χ4n) is 8.95. The second kappa shape index (κ2) is 12.8. The lowest BCUT2D eigenvalue weighted by Gasteiger charge is -2.23. The Balaban J connectivity index is 0.992. The van der Waals surface area contributed by atoms with Crippen molar-refractivity contribution in [3.8, 4) is 11.1 Å². The van der Waals surface area contributed by atoms with Gasteiger partial charge in [0.15, 0.2) is 5.84 Å². The summed E-state index contributed by atoms with van der Waals surface area (Å²) in [6.45, 7) is 0. The van der Waals surface area contributed by atoms with E-state index in [2.05, 4.69) is 143 Å². The minimum Gasteiger partial charge on any atom is -0.455 e. The molecule has 5 nitrogen and oxygen atoms in total. The van der Waals surface area contributed by atoms with Crippen molar-refractivity contribution in [2.45, 2.75) is 19.0 Å². The molecule has 1 N–H and O–H groups in total. The van der Waals surface area contributed by atoms with Crippen molar-refractivity contribution in [2.75, 3.05) is 0 Å². The Kier molecular flexibility index (Phi) is 7.22. The Bertz CT molecular complexity index is 3270. The zero-order chi connectivity index (χ0) is 37.5. The summed E-state index contributed by atoms with van der Waals surface area (Å²) in [6, 6.07) is 57.9. The first kappa shape index (κ1) is 32.2. The lowest BCUT2D eigenvalue weighted by molar-refractivity contribution is 0.663. The average molecular weight is 751 g/mol. The normalized spacial score (nSPS) is 15.5. The van der Waals surface area contributed by atoms with Crippen LogP contribution in [0.5, 0.6) is 0 Å². The summed E-state index contributed by atoms with van der Waals surface area (Å²) in [6.07, 6.45) is 4.18. The molecule has 1 atom stereocenters. The Hall–Kier alpha value is -7.02. The van der Waals surface area contributed by atoms with Crippen LogP contribution < -0.4 is 5.32 Å². The van der Waals surface area contributed by atoms with Crippen molar-refractivity contribution >= 4 is 88.6 Å². The SMILES string of the molecule is C1=C(n2c3ccccc3c3ccccc32)CCc2sc3cccc(-c4ccc5c(c4)oc4c(C6=NC(c7ccccc7)NC(c7ccccc7)=N6)cccc45)c3c21. The molecule has 0 saturated carbocycles. The highest BCUT2D eigenvalue weighted by atomic mass is 32.1. The number of hydrogen-bond donors (Lipinski definition) is 1. The first-order valence-corrected chi connectivity index (χ1v) is 20.3. The number of aromatic nitrogens is 1. The Morgan fingerprint density at radius 2 is 1.32 bits per heavy atom. The van der Waals surface area contributed by atoms with Gasteiger partial charge in [-0.3, -0.25) is 0 Å². The summed E-state index contributed by atoms with van der Waals surface area (Å²) in [7, 11) is 0. The van der Waals surface area contributed by atoms with Gasteiger partial charge in [-0.15, -0.1) is 11.3 Å². The van der Waals surface area contributed by atoms with Crippen LogP contribution in [-0.4, -0.2) is 16.2 Å². The fraction of sp³-hybridized carbons (Fsp3) is 0.0588. The predicted molar refractivity (Wildman–Crippen MR) is 238 cm³/mol. The number of allylic oxidation sites excluding steroid dienone is 1. The Morgan fingerprint density at radius 1 is 0.614 bits per heavy atom. The number of aryl methyl sites for hydroxylation is 1. The van der Waals surface area contributed by atoms with E-state index in [0.717, 1.165) is 62.9 Å². The number of amidine groups is 2. The lowest BCUT2D eigenvalue weighted by Crippen LogP contribution is -2.33. The van der Waals surface area contributed by atoms with Gasteiger partial charge in [-0.25, -0.2) is 9.98 Å². The van der Waals surface area contributed by atoms with E-state index in [4.69, 9.17) is 14.4 Å². The molecular weight excluding hydrogens is 717 g/mol. The number of fused-ring (bicyclic) bond motifs is 9. The minimum absolute atomic E-state index is 0.290. The summed E-state index contributed by atoms with van der Waals surface area (Å²) in [5, 5.41) is 9.60. The van der Waals surface area contributed by atoms with Crippen molar-refractivity contribution < 1.29 is 4.42 Å². The van der Waals surface area contributed by atoms with Gasteiger partial charge in [0.25, 0.3) is 0 Å². The van der Waals surface area contributed by atoms with Gasteiger partial charge >= 0.3 is 0 Å². The van der Waals surface area contributed by atoms with Crippen LogP contribution in [0.2, 0.25) is 0 Å². The smallest absolute Gasteiger partial charge is 0.163 e. The van der Waals surface area contributed by atoms with Gasteiger partial charge in [-0.2, -0.15) is 0 Å². The summed E-state index contributed by atoms with van der Waals surface area (Å²) in [5.74, 6) is 1.43. The molecule has 4 heterocycles. The Morgan fingerprint density at radius 3 is 2.12 bits per heavy atom. The molecular formula is C51H34N4OS. The van der Waals surface area contributed by atoms with Crippen molar-refractivity contribution in [3.63, 3.8) is 0 Å². The number of nitrogens with one attached hydrogen (secondary N) is 1. The van der Waals surface area contributed by atoms with Gasteiger partial charge in [0, 0.05) is 47.8 Å². The van der Waals surface area contributed by atoms with Crippen molar-refractivity contribution in [3.05, 3.63) is 191 Å². The van der Waals surface area contributed by atoms with Gasteiger partial charge < -0.3 is 14.3 Å². The molecule has 3 aromatic heterocycles. The van der Waals surface area contributed by atoms with Crippen LogP contribution in [0, 0.1) is 0 Å². The van der Waals surface area contributed by atoms with Gasteiger partial charge in [0.05, 0.1) is 16.6 Å². The molecule has 270 valence electrons. The van der Waals surface area contributed by atoms with Gasteiger partial charge in [0.1, 0.15) is 23.2 Å². The summed E-state index contributed by atoms with van der Waals surface area (Å²) >= 11 is 1.93. The highest BCUT2D eigenvalue weighted by molar-refractivity contribution is 7.19. The highest BCUT2D eigenvalue weighted by Gasteiger charge is 2.25. The Labute approximate surface area is 332 Å². The van der Waals surface area contributed by atoms with Crippen LogP contribution in [0.1, 0.15) is 39.7 Å². The second-order valence-corrected chi connectivity index (χ2v) is 16.0. The molecule has 7 aromatic carbocycles. The maximum absolute atomic E-state index is 6.85. The molecule has 0 spiro atoms. The first-order valence-electron chi connectivity index (χ1n) is 19.5. The first-order chi connectivity index (χ1) is 28.2. The van der Waals surface area contributed by atoms with Crippen LogP contribution in [0.4, 0.5) is 0 Å². The van der Waals surface area contributed by atoms with Crippen LogP contribution in [0.25, 0.3) is 76.7 Å². The number of furan rings is 1. The molecule has 12 rings (SSSR count). The van der Waals surface area contributed by atoms with E-state index in [1.165, 1.54) is 53.6 Å². The molecule has 0 amide bonds. The quantitative estimate of drug-likeness (QED) is 0.190. The molecule has 57 heavy (non-hydrogen) atoms. The van der Waals surface area contributed by atoms with Crippen molar-refractivity contribution in [1.29, 1.82) is 0 Å². The number of para-hydroxylation sites is 3. The van der Waals surface area contributed by atoms with Crippen LogP contribution in [0.15, 0.2) is 178 Å².